The minimum atomic E-state index is -0.616. The van der Waals surface area contributed by atoms with Crippen LogP contribution >= 0.6 is 0 Å². The molecule has 0 amide bonds. The monoisotopic (exact) mass is 682 g/mol. The van der Waals surface area contributed by atoms with Crippen molar-refractivity contribution in [1.29, 1.82) is 0 Å². The van der Waals surface area contributed by atoms with Crippen LogP contribution in [0.5, 0.6) is 0 Å². The SMILES string of the molecule is CC(/C=C1\OC(COCc2ccccc2)[C@H](OCc2ccccc2)C(OCc2ccccc2)C1OCc1ccccc1)CC(=O)c1ccccc1. The molecule has 262 valence electrons. The number of benzene rings is 5. The van der Waals surface area contributed by atoms with Crippen molar-refractivity contribution in [3.8, 4) is 0 Å². The number of allylic oxidation sites excluding steroid dienone is 1. The second kappa shape index (κ2) is 18.9. The van der Waals surface area contributed by atoms with E-state index < -0.39 is 24.4 Å². The number of rotatable bonds is 17. The highest BCUT2D eigenvalue weighted by molar-refractivity contribution is 5.96. The zero-order valence-corrected chi connectivity index (χ0v) is 29.1. The Morgan fingerprint density at radius 3 is 1.53 bits per heavy atom. The third-order valence-electron chi connectivity index (χ3n) is 8.85. The van der Waals surface area contributed by atoms with Crippen LogP contribution in [0.15, 0.2) is 163 Å². The molecule has 0 spiro atoms. The molecule has 4 unspecified atom stereocenters. The van der Waals surface area contributed by atoms with E-state index in [4.69, 9.17) is 23.7 Å². The average molecular weight is 683 g/mol. The molecule has 0 saturated carbocycles. The smallest absolute Gasteiger partial charge is 0.163 e. The van der Waals surface area contributed by atoms with Crippen molar-refractivity contribution in [1.82, 2.24) is 0 Å². The van der Waals surface area contributed by atoms with E-state index in [1.807, 2.05) is 165 Å². The lowest BCUT2D eigenvalue weighted by Crippen LogP contribution is -2.56. The Hall–Kier alpha value is -4.85. The van der Waals surface area contributed by atoms with Gasteiger partial charge in [-0.15, -0.1) is 0 Å². The highest BCUT2D eigenvalue weighted by Gasteiger charge is 2.46. The van der Waals surface area contributed by atoms with E-state index in [0.717, 1.165) is 22.3 Å². The third kappa shape index (κ3) is 10.8. The van der Waals surface area contributed by atoms with Gasteiger partial charge in [0.2, 0.25) is 0 Å². The van der Waals surface area contributed by atoms with Crippen LogP contribution in [0.25, 0.3) is 0 Å². The van der Waals surface area contributed by atoms with Gasteiger partial charge in [-0.3, -0.25) is 4.79 Å². The molecule has 1 aliphatic heterocycles. The van der Waals surface area contributed by atoms with Crippen molar-refractivity contribution in [2.75, 3.05) is 6.61 Å². The molecule has 0 aliphatic carbocycles. The molecule has 1 heterocycles. The van der Waals surface area contributed by atoms with Gasteiger partial charge < -0.3 is 23.7 Å². The van der Waals surface area contributed by atoms with Crippen LogP contribution < -0.4 is 0 Å². The van der Waals surface area contributed by atoms with E-state index in [2.05, 4.69) is 0 Å². The van der Waals surface area contributed by atoms with Gasteiger partial charge in [-0.2, -0.15) is 0 Å². The highest BCUT2D eigenvalue weighted by Crippen LogP contribution is 2.34. The molecule has 6 nitrogen and oxygen atoms in total. The highest BCUT2D eigenvalue weighted by atomic mass is 16.6. The average Bonchev–Trinajstić information content (AvgIpc) is 3.18. The number of ketones is 1. The molecule has 6 rings (SSSR count). The Morgan fingerprint density at radius 2 is 1.02 bits per heavy atom. The van der Waals surface area contributed by atoms with E-state index >= 15 is 0 Å². The summed E-state index contributed by atoms with van der Waals surface area (Å²) in [6.45, 7) is 3.78. The summed E-state index contributed by atoms with van der Waals surface area (Å²) in [7, 11) is 0. The standard InChI is InChI=1S/C45H46O6/c1-34(27-40(46)39-25-15-6-16-26-39)28-41-43(48-30-36-19-9-3-10-20-36)45(50-32-38-23-13-5-14-24-38)44(49-31-37-21-11-4-12-22-37)42(51-41)33-47-29-35-17-7-2-8-18-35/h2-26,28,34,42-45H,27,29-33H2,1H3/b41-28-/t34?,42?,43?,44-,45?/m0/s1. The zero-order chi connectivity index (χ0) is 35.1. The van der Waals surface area contributed by atoms with E-state index in [1.165, 1.54) is 0 Å². The number of hydrogen-bond donors (Lipinski definition) is 0. The Bertz CT molecular complexity index is 1760. The molecular weight excluding hydrogens is 636 g/mol. The van der Waals surface area contributed by atoms with Crippen LogP contribution in [0.1, 0.15) is 46.0 Å². The fourth-order valence-corrected chi connectivity index (χ4v) is 6.21. The lowest BCUT2D eigenvalue weighted by Gasteiger charge is -2.44. The van der Waals surface area contributed by atoms with Crippen LogP contribution in [-0.2, 0) is 50.1 Å². The molecule has 0 N–H and O–H groups in total. The van der Waals surface area contributed by atoms with Gasteiger partial charge in [0.05, 0.1) is 33.0 Å². The topological polar surface area (TPSA) is 63.2 Å². The molecule has 1 aliphatic rings. The van der Waals surface area contributed by atoms with Crippen molar-refractivity contribution in [2.45, 2.75) is 64.2 Å². The normalized spacial score (nSPS) is 20.1. The fraction of sp³-hybridized carbons (Fsp3) is 0.267. The summed E-state index contributed by atoms with van der Waals surface area (Å²) in [5, 5.41) is 0. The van der Waals surface area contributed by atoms with Gasteiger partial charge in [0.1, 0.15) is 24.1 Å². The number of hydrogen-bond acceptors (Lipinski definition) is 6. The van der Waals surface area contributed by atoms with Gasteiger partial charge in [-0.05, 0) is 34.2 Å². The van der Waals surface area contributed by atoms with Gasteiger partial charge in [0.15, 0.2) is 11.9 Å². The van der Waals surface area contributed by atoms with Crippen molar-refractivity contribution in [3.05, 3.63) is 191 Å². The summed E-state index contributed by atoms with van der Waals surface area (Å²) in [6.07, 6.45) is 0.115. The molecule has 5 aromatic carbocycles. The molecule has 0 aromatic heterocycles. The predicted octanol–water partition coefficient (Wildman–Crippen LogP) is 9.15. The van der Waals surface area contributed by atoms with Crippen molar-refractivity contribution in [3.63, 3.8) is 0 Å². The predicted molar refractivity (Wildman–Crippen MR) is 199 cm³/mol. The molecule has 51 heavy (non-hydrogen) atoms. The summed E-state index contributed by atoms with van der Waals surface area (Å²) < 4.78 is 33.5. The second-order valence-electron chi connectivity index (χ2n) is 12.9. The Kier molecular flexibility index (Phi) is 13.4. The lowest BCUT2D eigenvalue weighted by atomic mass is 9.93. The van der Waals surface area contributed by atoms with E-state index in [1.54, 1.807) is 0 Å². The van der Waals surface area contributed by atoms with Crippen molar-refractivity contribution in [2.24, 2.45) is 5.92 Å². The zero-order valence-electron chi connectivity index (χ0n) is 29.1. The number of Topliss-reactive ketones (excluding diaryl/α,β-unsaturated/α-hetero) is 1. The third-order valence-corrected chi connectivity index (χ3v) is 8.85. The molecule has 0 bridgehead atoms. The fourth-order valence-electron chi connectivity index (χ4n) is 6.21. The molecule has 6 heteroatoms. The van der Waals surface area contributed by atoms with E-state index in [-0.39, 0.29) is 18.3 Å². The molecule has 5 aromatic rings. The van der Waals surface area contributed by atoms with Gasteiger partial charge in [-0.25, -0.2) is 0 Å². The Balaban J connectivity index is 1.33. The maximum Gasteiger partial charge on any atom is 0.163 e. The molecular formula is C45H46O6. The number of ether oxygens (including phenoxy) is 5. The number of carbonyl (C=O) groups excluding carboxylic acids is 1. The van der Waals surface area contributed by atoms with Gasteiger partial charge >= 0.3 is 0 Å². The summed E-state index contributed by atoms with van der Waals surface area (Å²) in [6, 6.07) is 49.7. The molecule has 5 atom stereocenters. The molecule has 1 saturated heterocycles. The van der Waals surface area contributed by atoms with Crippen LogP contribution in [0.2, 0.25) is 0 Å². The first-order valence-corrected chi connectivity index (χ1v) is 17.7. The van der Waals surface area contributed by atoms with Crippen LogP contribution in [0.4, 0.5) is 0 Å². The van der Waals surface area contributed by atoms with Crippen molar-refractivity contribution >= 4 is 5.78 Å². The van der Waals surface area contributed by atoms with Crippen LogP contribution in [0.3, 0.4) is 0 Å². The van der Waals surface area contributed by atoms with E-state index in [0.29, 0.717) is 44.2 Å². The summed E-state index contributed by atoms with van der Waals surface area (Å²) in [4.78, 5) is 13.3. The van der Waals surface area contributed by atoms with E-state index in [9.17, 15) is 4.79 Å². The van der Waals surface area contributed by atoms with Crippen LogP contribution in [-0.4, -0.2) is 36.8 Å². The quantitative estimate of drug-likeness (QED) is 0.0912. The lowest BCUT2D eigenvalue weighted by molar-refractivity contribution is -0.223. The van der Waals surface area contributed by atoms with Gasteiger partial charge in [0, 0.05) is 12.0 Å². The largest absolute Gasteiger partial charge is 0.487 e. The first-order valence-electron chi connectivity index (χ1n) is 17.7. The summed E-state index contributed by atoms with van der Waals surface area (Å²) >= 11 is 0. The maximum atomic E-state index is 13.3. The Morgan fingerprint density at radius 1 is 0.588 bits per heavy atom. The summed E-state index contributed by atoms with van der Waals surface area (Å²) in [5.74, 6) is 0.546. The van der Waals surface area contributed by atoms with Crippen LogP contribution in [0, 0.1) is 5.92 Å². The second-order valence-corrected chi connectivity index (χ2v) is 12.9. The van der Waals surface area contributed by atoms with Gasteiger partial charge in [0.25, 0.3) is 0 Å². The minimum Gasteiger partial charge on any atom is -0.487 e. The molecule has 1 fully saturated rings. The first kappa shape index (κ1) is 36.0. The summed E-state index contributed by atoms with van der Waals surface area (Å²) in [5.41, 5.74) is 4.87. The molecule has 0 radical (unpaired) electrons. The Labute approximate surface area is 301 Å². The number of carbonyl (C=O) groups is 1. The van der Waals surface area contributed by atoms with Gasteiger partial charge in [-0.1, -0.05) is 159 Å². The van der Waals surface area contributed by atoms with Crippen molar-refractivity contribution < 1.29 is 28.5 Å². The minimum absolute atomic E-state index is 0.0706. The first-order chi connectivity index (χ1) is 25.1. The maximum absolute atomic E-state index is 13.3.